The summed E-state index contributed by atoms with van der Waals surface area (Å²) < 4.78 is 34.2. The lowest BCUT2D eigenvalue weighted by molar-refractivity contribution is -0.121. The zero-order chi connectivity index (χ0) is 20.3. The van der Waals surface area contributed by atoms with Crippen molar-refractivity contribution in [2.45, 2.75) is 24.3 Å². The summed E-state index contributed by atoms with van der Waals surface area (Å²) in [7, 11) is -3.44. The Labute approximate surface area is 171 Å². The fraction of sp³-hybridized carbons (Fsp3) is 0.550. The second kappa shape index (κ2) is 8.83. The summed E-state index contributed by atoms with van der Waals surface area (Å²) in [6.07, 6.45) is 3.66. The first kappa shape index (κ1) is 20.3. The van der Waals surface area contributed by atoms with E-state index in [0.717, 1.165) is 56.6 Å². The Balaban J connectivity index is 1.37. The average Bonchev–Trinajstić information content (AvgIpc) is 3.39. The Morgan fingerprint density at radius 3 is 2.59 bits per heavy atom. The molecule has 0 radical (unpaired) electrons. The zero-order valence-corrected chi connectivity index (χ0v) is 17.4. The summed E-state index contributed by atoms with van der Waals surface area (Å²) in [6.45, 7) is 6.12. The van der Waals surface area contributed by atoms with Crippen molar-refractivity contribution in [3.63, 3.8) is 0 Å². The fourth-order valence-electron chi connectivity index (χ4n) is 3.94. The first-order valence-electron chi connectivity index (χ1n) is 10.2. The molecule has 2 aliphatic rings. The molecule has 29 heavy (non-hydrogen) atoms. The van der Waals surface area contributed by atoms with Crippen molar-refractivity contribution in [1.29, 1.82) is 0 Å². The van der Waals surface area contributed by atoms with Gasteiger partial charge in [0.25, 0.3) is 0 Å². The van der Waals surface area contributed by atoms with Crippen LogP contribution in [0.3, 0.4) is 0 Å². The second-order valence-electron chi connectivity index (χ2n) is 7.58. The van der Waals surface area contributed by atoms with Crippen LogP contribution in [0, 0.1) is 0 Å². The van der Waals surface area contributed by atoms with E-state index in [1.807, 2.05) is 16.8 Å². The van der Waals surface area contributed by atoms with Gasteiger partial charge in [0.1, 0.15) is 6.54 Å². The lowest BCUT2D eigenvalue weighted by atomic mass is 10.2. The molecule has 2 aliphatic heterocycles. The Kier molecular flexibility index (Phi) is 6.19. The van der Waals surface area contributed by atoms with Crippen LogP contribution in [0.2, 0.25) is 0 Å². The number of ether oxygens (including phenoxy) is 1. The number of rotatable bonds is 7. The van der Waals surface area contributed by atoms with E-state index in [9.17, 15) is 13.2 Å². The van der Waals surface area contributed by atoms with Gasteiger partial charge in [-0.05, 0) is 37.1 Å². The number of benzene rings is 1. The molecule has 4 rings (SSSR count). The highest BCUT2D eigenvalue weighted by Gasteiger charge is 2.27. The summed E-state index contributed by atoms with van der Waals surface area (Å²) in [6, 6.07) is 7.00. The van der Waals surface area contributed by atoms with Gasteiger partial charge in [-0.2, -0.15) is 4.31 Å². The molecule has 1 aromatic carbocycles. The van der Waals surface area contributed by atoms with Crippen LogP contribution in [0.15, 0.2) is 35.4 Å². The van der Waals surface area contributed by atoms with Gasteiger partial charge in [-0.3, -0.25) is 9.69 Å². The van der Waals surface area contributed by atoms with E-state index in [-0.39, 0.29) is 12.5 Å². The average molecular weight is 421 g/mol. The predicted octanol–water partition coefficient (Wildman–Crippen LogP) is 0.874. The summed E-state index contributed by atoms with van der Waals surface area (Å²) >= 11 is 0. The minimum absolute atomic E-state index is 0.0514. The van der Waals surface area contributed by atoms with Crippen molar-refractivity contribution in [3.8, 4) is 0 Å². The largest absolute Gasteiger partial charge is 0.379 e. The molecule has 1 aromatic heterocycles. The van der Waals surface area contributed by atoms with Crippen LogP contribution in [0.25, 0.3) is 10.9 Å². The van der Waals surface area contributed by atoms with E-state index in [4.69, 9.17) is 4.74 Å². The van der Waals surface area contributed by atoms with Crippen LogP contribution >= 0.6 is 0 Å². The number of fused-ring (bicyclic) bond motifs is 1. The van der Waals surface area contributed by atoms with Crippen LogP contribution in [0.5, 0.6) is 0 Å². The highest BCUT2D eigenvalue weighted by atomic mass is 32.2. The molecule has 9 heteroatoms. The molecule has 0 unspecified atom stereocenters. The van der Waals surface area contributed by atoms with E-state index >= 15 is 0 Å². The molecule has 0 spiro atoms. The minimum Gasteiger partial charge on any atom is -0.379 e. The summed E-state index contributed by atoms with van der Waals surface area (Å²) in [5.41, 5.74) is 0.855. The monoisotopic (exact) mass is 420 g/mol. The topological polar surface area (TPSA) is 83.9 Å². The number of aromatic nitrogens is 1. The number of nitrogens with zero attached hydrogens (tertiary/aromatic N) is 3. The van der Waals surface area contributed by atoms with E-state index in [0.29, 0.717) is 24.5 Å². The fourth-order valence-corrected chi connectivity index (χ4v) is 5.50. The zero-order valence-electron chi connectivity index (χ0n) is 16.5. The first-order chi connectivity index (χ1) is 14.0. The third-order valence-corrected chi connectivity index (χ3v) is 7.51. The second-order valence-corrected chi connectivity index (χ2v) is 9.52. The molecule has 0 saturated carbocycles. The molecular formula is C20H28N4O4S. The molecule has 1 amide bonds. The van der Waals surface area contributed by atoms with Crippen molar-refractivity contribution in [1.82, 2.24) is 19.1 Å². The van der Waals surface area contributed by atoms with Gasteiger partial charge in [-0.25, -0.2) is 8.42 Å². The van der Waals surface area contributed by atoms with Crippen LogP contribution in [-0.2, 0) is 26.1 Å². The van der Waals surface area contributed by atoms with Crippen molar-refractivity contribution < 1.29 is 17.9 Å². The van der Waals surface area contributed by atoms with Gasteiger partial charge in [-0.1, -0.05) is 0 Å². The van der Waals surface area contributed by atoms with Gasteiger partial charge < -0.3 is 14.6 Å². The van der Waals surface area contributed by atoms with Crippen molar-refractivity contribution in [2.24, 2.45) is 0 Å². The van der Waals surface area contributed by atoms with E-state index in [1.165, 1.54) is 0 Å². The summed E-state index contributed by atoms with van der Waals surface area (Å²) in [4.78, 5) is 14.9. The number of hydrogen-bond donors (Lipinski definition) is 1. The van der Waals surface area contributed by atoms with Crippen molar-refractivity contribution >= 4 is 26.8 Å². The van der Waals surface area contributed by atoms with E-state index < -0.39 is 10.0 Å². The van der Waals surface area contributed by atoms with Gasteiger partial charge >= 0.3 is 0 Å². The van der Waals surface area contributed by atoms with Crippen LogP contribution < -0.4 is 5.32 Å². The normalized spacial score (nSPS) is 19.0. The minimum atomic E-state index is -3.44. The number of morpholine rings is 1. The highest BCUT2D eigenvalue weighted by molar-refractivity contribution is 7.89. The van der Waals surface area contributed by atoms with Crippen LogP contribution in [0.4, 0.5) is 0 Å². The number of nitrogens with one attached hydrogen (secondary N) is 1. The van der Waals surface area contributed by atoms with Crippen LogP contribution in [0.1, 0.15) is 12.8 Å². The van der Waals surface area contributed by atoms with Crippen molar-refractivity contribution in [2.75, 3.05) is 52.5 Å². The van der Waals surface area contributed by atoms with Gasteiger partial charge in [0, 0.05) is 56.4 Å². The molecule has 8 nitrogen and oxygen atoms in total. The number of amides is 1. The van der Waals surface area contributed by atoms with Crippen LogP contribution in [-0.4, -0.2) is 80.6 Å². The molecule has 158 valence electrons. The number of carbonyl (C=O) groups excluding carboxylic acids is 1. The number of sulfonamides is 1. The van der Waals surface area contributed by atoms with Crippen molar-refractivity contribution in [3.05, 3.63) is 30.5 Å². The Hall–Kier alpha value is -1.94. The molecule has 0 bridgehead atoms. The number of hydrogen-bond acceptors (Lipinski definition) is 5. The maximum atomic E-state index is 12.8. The molecule has 2 aromatic rings. The van der Waals surface area contributed by atoms with E-state index in [2.05, 4.69) is 10.2 Å². The Morgan fingerprint density at radius 2 is 1.83 bits per heavy atom. The van der Waals surface area contributed by atoms with E-state index in [1.54, 1.807) is 22.5 Å². The quantitative estimate of drug-likeness (QED) is 0.719. The molecular weight excluding hydrogens is 392 g/mol. The molecule has 0 aliphatic carbocycles. The molecule has 0 atom stereocenters. The Bertz CT molecular complexity index is 960. The maximum absolute atomic E-state index is 12.8. The SMILES string of the molecule is O=C(Cn1ccc2cc(S(=O)(=O)N3CCCC3)ccc21)NCCN1CCOCC1. The summed E-state index contributed by atoms with van der Waals surface area (Å²) in [5, 5.41) is 3.79. The third-order valence-electron chi connectivity index (χ3n) is 5.61. The maximum Gasteiger partial charge on any atom is 0.243 e. The predicted molar refractivity (Wildman–Crippen MR) is 110 cm³/mol. The Morgan fingerprint density at radius 1 is 1.07 bits per heavy atom. The standard InChI is InChI=1S/C20H28N4O4S/c25-20(21-6-10-22-11-13-28-14-12-22)16-23-9-5-17-15-18(3-4-19(17)23)29(26,27)24-7-1-2-8-24/h3-5,9,15H,1-2,6-8,10-14,16H2,(H,21,25). The highest BCUT2D eigenvalue weighted by Crippen LogP contribution is 2.25. The third kappa shape index (κ3) is 4.63. The smallest absolute Gasteiger partial charge is 0.243 e. The first-order valence-corrected chi connectivity index (χ1v) is 11.6. The number of carbonyl (C=O) groups is 1. The van der Waals surface area contributed by atoms with Gasteiger partial charge in [0.2, 0.25) is 15.9 Å². The van der Waals surface area contributed by atoms with Gasteiger partial charge in [0.05, 0.1) is 18.1 Å². The van der Waals surface area contributed by atoms with Gasteiger partial charge in [0.15, 0.2) is 0 Å². The van der Waals surface area contributed by atoms with Gasteiger partial charge in [-0.15, -0.1) is 0 Å². The lowest BCUT2D eigenvalue weighted by Crippen LogP contribution is -2.41. The lowest BCUT2D eigenvalue weighted by Gasteiger charge is -2.26. The summed E-state index contributed by atoms with van der Waals surface area (Å²) in [5.74, 6) is -0.0514. The molecule has 2 fully saturated rings. The molecule has 2 saturated heterocycles. The molecule has 3 heterocycles. The molecule has 1 N–H and O–H groups in total.